The lowest BCUT2D eigenvalue weighted by Crippen LogP contribution is -2.50. The molecule has 4 aliphatic heterocycles. The topological polar surface area (TPSA) is 104 Å². The van der Waals surface area contributed by atoms with E-state index in [1.807, 2.05) is 33.7 Å². The maximum atomic E-state index is 14.4. The second-order valence-corrected chi connectivity index (χ2v) is 15.9. The summed E-state index contributed by atoms with van der Waals surface area (Å²) in [6.45, 7) is 7.38. The van der Waals surface area contributed by atoms with Crippen molar-refractivity contribution in [3.05, 3.63) is 87.3 Å². The fourth-order valence-corrected chi connectivity index (χ4v) is 9.55. The molecule has 0 spiro atoms. The molecule has 2 aromatic carbocycles. The van der Waals surface area contributed by atoms with Crippen LogP contribution >= 0.6 is 0 Å². The molecule has 1 aliphatic carbocycles. The second kappa shape index (κ2) is 15.1. The molecule has 0 unspecified atom stereocenters. The van der Waals surface area contributed by atoms with Gasteiger partial charge in [-0.2, -0.15) is 0 Å². The summed E-state index contributed by atoms with van der Waals surface area (Å²) in [5.41, 5.74) is 7.03. The van der Waals surface area contributed by atoms with Gasteiger partial charge in [0.1, 0.15) is 18.0 Å². The van der Waals surface area contributed by atoms with Crippen molar-refractivity contribution < 1.29 is 18.8 Å². The number of fused-ring (bicyclic) bond motifs is 2. The van der Waals surface area contributed by atoms with Gasteiger partial charge in [-0.05, 0) is 134 Å². The molecule has 1 atom stereocenters. The average molecular weight is 720 g/mol. The quantitative estimate of drug-likeness (QED) is 0.323. The number of piperidine rings is 3. The second-order valence-electron chi connectivity index (χ2n) is 15.9. The molecular weight excluding hydrogens is 670 g/mol. The number of allylic oxidation sites excluding steroid dienone is 1. The molecule has 53 heavy (non-hydrogen) atoms. The van der Waals surface area contributed by atoms with Crippen LogP contribution in [0.5, 0.6) is 0 Å². The van der Waals surface area contributed by atoms with Crippen LogP contribution in [0.25, 0.3) is 6.08 Å². The van der Waals surface area contributed by atoms with E-state index in [1.54, 1.807) is 12.4 Å². The van der Waals surface area contributed by atoms with Gasteiger partial charge >= 0.3 is 0 Å². The molecule has 278 valence electrons. The van der Waals surface area contributed by atoms with E-state index in [-0.39, 0.29) is 42.2 Å². The minimum atomic E-state index is -0.450. The molecular formula is C42H50FN7O3. The highest BCUT2D eigenvalue weighted by molar-refractivity contribution is 6.04. The Labute approximate surface area is 311 Å². The molecule has 3 saturated heterocycles. The van der Waals surface area contributed by atoms with Gasteiger partial charge in [0.25, 0.3) is 0 Å². The number of nitrogens with zero attached hydrogens (tertiary/aromatic N) is 7. The number of likely N-dealkylation sites (tertiary alicyclic amines) is 3. The number of carbonyl (C=O) groups is 3. The van der Waals surface area contributed by atoms with Gasteiger partial charge in [-0.25, -0.2) is 4.39 Å². The highest BCUT2D eigenvalue weighted by Gasteiger charge is 2.36. The number of carbonyl (C=O) groups excluding carboxylic acids is 3. The van der Waals surface area contributed by atoms with E-state index in [0.717, 1.165) is 72.4 Å². The zero-order valence-corrected chi connectivity index (χ0v) is 31.0. The van der Waals surface area contributed by atoms with Crippen molar-refractivity contribution in [1.29, 1.82) is 0 Å². The summed E-state index contributed by atoms with van der Waals surface area (Å²) in [5, 5.41) is 8.43. The number of halogens is 1. The van der Waals surface area contributed by atoms with Crippen LogP contribution in [0.4, 0.5) is 4.39 Å². The molecule has 1 aromatic heterocycles. The van der Waals surface area contributed by atoms with Crippen molar-refractivity contribution in [3.8, 4) is 0 Å². The van der Waals surface area contributed by atoms with Crippen LogP contribution in [0.3, 0.4) is 0 Å². The SMILES string of the molecule is Cc1cc(C[C@@H](CC(=O)N2CCC(C3=Cc4ccc(F)cc4CC3=O)CC2)C(=O)N2CCC(N3CCC(c4nncn4C)CC3)CC2)cc2c1CN=C2. The van der Waals surface area contributed by atoms with Gasteiger partial charge in [0.05, 0.1) is 12.5 Å². The third-order valence-electron chi connectivity index (χ3n) is 12.6. The van der Waals surface area contributed by atoms with Crippen molar-refractivity contribution in [2.75, 3.05) is 39.3 Å². The smallest absolute Gasteiger partial charge is 0.226 e. The normalized spacial score (nSPS) is 20.7. The van der Waals surface area contributed by atoms with Gasteiger partial charge in [-0.3, -0.25) is 19.4 Å². The van der Waals surface area contributed by atoms with Gasteiger partial charge in [-0.1, -0.05) is 12.1 Å². The maximum Gasteiger partial charge on any atom is 0.226 e. The number of hydrogen-bond acceptors (Lipinski definition) is 7. The summed E-state index contributed by atoms with van der Waals surface area (Å²) in [6.07, 6.45) is 11.9. The number of rotatable bonds is 8. The minimum Gasteiger partial charge on any atom is -0.343 e. The highest BCUT2D eigenvalue weighted by Crippen LogP contribution is 2.34. The summed E-state index contributed by atoms with van der Waals surface area (Å²) < 4.78 is 15.8. The molecule has 10 nitrogen and oxygen atoms in total. The van der Waals surface area contributed by atoms with Crippen molar-refractivity contribution in [3.63, 3.8) is 0 Å². The summed E-state index contributed by atoms with van der Waals surface area (Å²) in [5.74, 6) is 0.930. The number of ketones is 1. The van der Waals surface area contributed by atoms with Gasteiger partial charge in [0.2, 0.25) is 11.8 Å². The first-order valence-corrected chi connectivity index (χ1v) is 19.5. The molecule has 0 bridgehead atoms. The highest BCUT2D eigenvalue weighted by atomic mass is 19.1. The van der Waals surface area contributed by atoms with Crippen LogP contribution < -0.4 is 0 Å². The molecule has 3 aromatic rings. The number of aromatic nitrogens is 3. The third kappa shape index (κ3) is 7.50. The molecule has 2 amide bonds. The Hall–Kier alpha value is -4.51. The van der Waals surface area contributed by atoms with Crippen molar-refractivity contribution in [1.82, 2.24) is 29.5 Å². The van der Waals surface area contributed by atoms with E-state index < -0.39 is 5.92 Å². The fraction of sp³-hybridized carbons (Fsp3) is 0.524. The van der Waals surface area contributed by atoms with Crippen LogP contribution in [0.1, 0.15) is 90.1 Å². The first-order chi connectivity index (χ1) is 25.7. The van der Waals surface area contributed by atoms with Crippen molar-refractivity contribution in [2.24, 2.45) is 23.9 Å². The Balaban J connectivity index is 0.907. The summed E-state index contributed by atoms with van der Waals surface area (Å²) in [4.78, 5) is 52.4. The first-order valence-electron chi connectivity index (χ1n) is 19.5. The van der Waals surface area contributed by atoms with Gasteiger partial charge in [-0.15, -0.1) is 10.2 Å². The molecule has 5 heterocycles. The van der Waals surface area contributed by atoms with Gasteiger partial charge in [0.15, 0.2) is 5.78 Å². The minimum absolute atomic E-state index is 0.00619. The number of Topliss-reactive ketones (excluding diaryl/α,β-unsaturated/α-hetero) is 1. The largest absolute Gasteiger partial charge is 0.343 e. The van der Waals surface area contributed by atoms with Crippen LogP contribution in [0.2, 0.25) is 0 Å². The molecule has 0 radical (unpaired) electrons. The van der Waals surface area contributed by atoms with Crippen molar-refractivity contribution >= 4 is 29.9 Å². The first kappa shape index (κ1) is 35.5. The average Bonchev–Trinajstić information content (AvgIpc) is 3.83. The fourth-order valence-electron chi connectivity index (χ4n) is 9.55. The van der Waals surface area contributed by atoms with E-state index >= 15 is 0 Å². The zero-order chi connectivity index (χ0) is 36.6. The lowest BCUT2D eigenvalue weighted by Gasteiger charge is -2.42. The van der Waals surface area contributed by atoms with E-state index in [2.05, 4.69) is 39.1 Å². The van der Waals surface area contributed by atoms with Crippen molar-refractivity contribution in [2.45, 2.75) is 83.2 Å². The molecule has 0 N–H and O–H groups in total. The Morgan fingerprint density at radius 1 is 0.906 bits per heavy atom. The zero-order valence-electron chi connectivity index (χ0n) is 31.0. The van der Waals surface area contributed by atoms with Crippen LogP contribution in [-0.2, 0) is 40.8 Å². The molecule has 5 aliphatic rings. The van der Waals surface area contributed by atoms with Crippen LogP contribution in [0, 0.1) is 24.6 Å². The maximum absolute atomic E-state index is 14.4. The van der Waals surface area contributed by atoms with Gasteiger partial charge < -0.3 is 19.3 Å². The lowest BCUT2D eigenvalue weighted by molar-refractivity contribution is -0.143. The van der Waals surface area contributed by atoms with Gasteiger partial charge in [0, 0.05) is 64.2 Å². The Kier molecular flexibility index (Phi) is 10.1. The Morgan fingerprint density at radius 3 is 2.38 bits per heavy atom. The number of amides is 2. The number of hydrogen-bond donors (Lipinski definition) is 0. The third-order valence-corrected chi connectivity index (χ3v) is 12.6. The van der Waals surface area contributed by atoms with E-state index in [4.69, 9.17) is 0 Å². The van der Waals surface area contributed by atoms with E-state index in [9.17, 15) is 18.8 Å². The summed E-state index contributed by atoms with van der Waals surface area (Å²) in [6, 6.07) is 9.41. The summed E-state index contributed by atoms with van der Waals surface area (Å²) in [7, 11) is 2.02. The number of aryl methyl sites for hydroxylation is 2. The molecule has 0 saturated carbocycles. The predicted molar refractivity (Wildman–Crippen MR) is 201 cm³/mol. The number of benzene rings is 2. The van der Waals surface area contributed by atoms with Crippen LogP contribution in [-0.4, -0.2) is 98.6 Å². The lowest BCUT2D eigenvalue weighted by atomic mass is 9.80. The van der Waals surface area contributed by atoms with E-state index in [0.29, 0.717) is 63.9 Å². The Bertz CT molecular complexity index is 1940. The predicted octanol–water partition coefficient (Wildman–Crippen LogP) is 5.06. The number of aliphatic imine (C=N–C) groups is 1. The molecule has 8 rings (SSSR count). The monoisotopic (exact) mass is 719 g/mol. The summed E-state index contributed by atoms with van der Waals surface area (Å²) >= 11 is 0. The van der Waals surface area contributed by atoms with E-state index in [1.165, 1.54) is 23.3 Å². The standard InChI is InChI=1S/C42H50FN7O3/c1-27-17-28(19-34-24-44-25-38(27)34)18-33(42(53)50-15-9-36(10-16-50)48-11-7-30(8-12-48)41-46-45-26-47(41)2)23-40(52)49-13-5-29(6-14-49)37-21-31-3-4-35(43)20-32(31)22-39(37)51/h3-4,17,19-21,24,26,29-30,33,36H,5-16,18,22-23,25H2,1-2H3/t33-/m0/s1. The van der Waals surface area contributed by atoms with Crippen LogP contribution in [0.15, 0.2) is 47.2 Å². The molecule has 3 fully saturated rings. The Morgan fingerprint density at radius 2 is 1.64 bits per heavy atom. The molecule has 11 heteroatoms.